The van der Waals surface area contributed by atoms with Gasteiger partial charge in [-0.1, -0.05) is 23.7 Å². The van der Waals surface area contributed by atoms with Crippen molar-refractivity contribution in [2.45, 2.75) is 0 Å². The van der Waals surface area contributed by atoms with Crippen LogP contribution in [0, 0.1) is 0 Å². The molecule has 60 valence electrons. The topological polar surface area (TPSA) is 21.3 Å². The van der Waals surface area contributed by atoms with Gasteiger partial charge >= 0.3 is 0 Å². The highest BCUT2D eigenvalue weighted by molar-refractivity contribution is 7.80. The van der Waals surface area contributed by atoms with Gasteiger partial charge in [-0.2, -0.15) is 0 Å². The molecule has 0 aliphatic carbocycles. The second kappa shape index (κ2) is 2.79. The average molecular weight is 177 g/mol. The monoisotopic (exact) mass is 177 g/mol. The Hall–Kier alpha value is -1.03. The largest absolute Gasteiger partial charge is 0.484 e. The summed E-state index contributed by atoms with van der Waals surface area (Å²) in [5.74, 6) is 0.884. The Morgan fingerprint density at radius 2 is 2.33 bits per heavy atom. The van der Waals surface area contributed by atoms with Gasteiger partial charge in [-0.25, -0.2) is 0 Å². The van der Waals surface area contributed by atoms with Crippen LogP contribution in [0.15, 0.2) is 18.2 Å². The summed E-state index contributed by atoms with van der Waals surface area (Å²) >= 11 is 4.99. The summed E-state index contributed by atoms with van der Waals surface area (Å²) in [6.45, 7) is 0.491. The number of nitrogens with one attached hydrogen (secondary N) is 1. The standard InChI is InChI=1S/C8H8BNOS/c9-5-1-2-7-6(3-5)10-8(12)4-11-7/h1-3H,4,9H2,(H,10,12). The van der Waals surface area contributed by atoms with E-state index in [0.717, 1.165) is 16.4 Å². The Bertz CT molecular complexity index is 340. The fourth-order valence-corrected chi connectivity index (χ4v) is 1.37. The van der Waals surface area contributed by atoms with E-state index < -0.39 is 0 Å². The van der Waals surface area contributed by atoms with Crippen molar-refractivity contribution >= 4 is 36.2 Å². The highest BCUT2D eigenvalue weighted by Gasteiger charge is 2.11. The van der Waals surface area contributed by atoms with Gasteiger partial charge in [0.1, 0.15) is 25.2 Å². The van der Waals surface area contributed by atoms with Crippen molar-refractivity contribution in [1.29, 1.82) is 0 Å². The molecule has 2 nitrogen and oxygen atoms in total. The van der Waals surface area contributed by atoms with Crippen molar-refractivity contribution in [1.82, 2.24) is 0 Å². The van der Waals surface area contributed by atoms with Gasteiger partial charge < -0.3 is 10.1 Å². The lowest BCUT2D eigenvalue weighted by molar-refractivity contribution is 0.375. The Kier molecular flexibility index (Phi) is 1.77. The summed E-state index contributed by atoms with van der Waals surface area (Å²) in [5, 5.41) is 3.11. The summed E-state index contributed by atoms with van der Waals surface area (Å²) < 4.78 is 5.39. The van der Waals surface area contributed by atoms with Crippen LogP contribution in [0.5, 0.6) is 5.75 Å². The minimum Gasteiger partial charge on any atom is -0.484 e. The highest BCUT2D eigenvalue weighted by atomic mass is 32.1. The van der Waals surface area contributed by atoms with Crippen molar-refractivity contribution in [3.8, 4) is 5.75 Å². The molecule has 1 N–H and O–H groups in total. The van der Waals surface area contributed by atoms with Crippen molar-refractivity contribution in [3.05, 3.63) is 18.2 Å². The lowest BCUT2D eigenvalue weighted by Crippen LogP contribution is -2.24. The van der Waals surface area contributed by atoms with Crippen LogP contribution in [-0.2, 0) is 0 Å². The number of fused-ring (bicyclic) bond motifs is 1. The zero-order valence-corrected chi connectivity index (χ0v) is 7.57. The quantitative estimate of drug-likeness (QED) is 0.447. The molecular formula is C8H8BNOS. The summed E-state index contributed by atoms with van der Waals surface area (Å²) in [5.41, 5.74) is 2.18. The molecule has 1 aromatic rings. The van der Waals surface area contributed by atoms with Crippen LogP contribution >= 0.6 is 12.2 Å². The Morgan fingerprint density at radius 1 is 1.50 bits per heavy atom. The molecule has 0 amide bonds. The van der Waals surface area contributed by atoms with E-state index in [0.29, 0.717) is 6.61 Å². The number of rotatable bonds is 0. The van der Waals surface area contributed by atoms with E-state index in [1.54, 1.807) is 0 Å². The van der Waals surface area contributed by atoms with Crippen LogP contribution in [0.2, 0.25) is 0 Å². The second-order valence-corrected chi connectivity index (χ2v) is 3.33. The van der Waals surface area contributed by atoms with Gasteiger partial charge in [0.15, 0.2) is 0 Å². The minimum atomic E-state index is 0.491. The smallest absolute Gasteiger partial charge is 0.143 e. The number of thiocarbonyl (C=S) groups is 1. The molecule has 0 saturated heterocycles. The van der Waals surface area contributed by atoms with E-state index >= 15 is 0 Å². The number of hydrogen-bond acceptors (Lipinski definition) is 2. The Morgan fingerprint density at radius 3 is 3.17 bits per heavy atom. The van der Waals surface area contributed by atoms with Crippen LogP contribution < -0.4 is 15.5 Å². The molecule has 0 bridgehead atoms. The van der Waals surface area contributed by atoms with Gasteiger partial charge in [0.2, 0.25) is 0 Å². The summed E-state index contributed by atoms with van der Waals surface area (Å²) in [4.78, 5) is 0.744. The second-order valence-electron chi connectivity index (χ2n) is 2.84. The molecule has 0 unspecified atom stereocenters. The summed E-state index contributed by atoms with van der Waals surface area (Å²) in [6.07, 6.45) is 0. The maximum Gasteiger partial charge on any atom is 0.143 e. The van der Waals surface area contributed by atoms with Crippen molar-refractivity contribution in [2.75, 3.05) is 11.9 Å². The third-order valence-corrected chi connectivity index (χ3v) is 1.99. The Balaban J connectivity index is 2.44. The molecule has 1 aliphatic rings. The molecule has 1 heterocycles. The zero-order chi connectivity index (χ0) is 8.55. The molecule has 4 heteroatoms. The number of benzene rings is 1. The predicted molar refractivity (Wildman–Crippen MR) is 56.3 cm³/mol. The molecule has 2 rings (SSSR count). The molecule has 1 aliphatic heterocycles. The van der Waals surface area contributed by atoms with Gasteiger partial charge in [-0.15, -0.1) is 0 Å². The fourth-order valence-electron chi connectivity index (χ4n) is 1.20. The van der Waals surface area contributed by atoms with Gasteiger partial charge in [0.05, 0.1) is 5.69 Å². The van der Waals surface area contributed by atoms with E-state index in [9.17, 15) is 0 Å². The molecule has 0 fully saturated rings. The zero-order valence-electron chi connectivity index (χ0n) is 6.76. The summed E-state index contributed by atoms with van der Waals surface area (Å²) in [7, 11) is 2.04. The van der Waals surface area contributed by atoms with Crippen molar-refractivity contribution < 1.29 is 4.74 Å². The summed E-state index contributed by atoms with van der Waals surface area (Å²) in [6, 6.07) is 6.01. The molecular weight excluding hydrogens is 169 g/mol. The van der Waals surface area contributed by atoms with Crippen molar-refractivity contribution in [3.63, 3.8) is 0 Å². The first kappa shape index (κ1) is 7.62. The van der Waals surface area contributed by atoms with E-state index in [4.69, 9.17) is 17.0 Å². The molecule has 0 saturated carbocycles. The molecule has 0 aromatic heterocycles. The number of ether oxygens (including phenoxy) is 1. The van der Waals surface area contributed by atoms with Crippen molar-refractivity contribution in [2.24, 2.45) is 0 Å². The lowest BCUT2D eigenvalue weighted by Gasteiger charge is -2.19. The Labute approximate surface area is 77.3 Å². The maximum absolute atomic E-state index is 5.39. The number of hydrogen-bond donors (Lipinski definition) is 1. The first-order chi connectivity index (χ1) is 5.75. The highest BCUT2D eigenvalue weighted by Crippen LogP contribution is 2.25. The number of anilines is 1. The molecule has 0 spiro atoms. The average Bonchev–Trinajstić information content (AvgIpc) is 2.03. The van der Waals surface area contributed by atoms with E-state index in [-0.39, 0.29) is 0 Å². The first-order valence-electron chi connectivity index (χ1n) is 3.79. The van der Waals surface area contributed by atoms with E-state index in [1.165, 1.54) is 5.46 Å². The maximum atomic E-state index is 5.39. The van der Waals surface area contributed by atoms with Crippen LogP contribution in [-0.4, -0.2) is 19.4 Å². The van der Waals surface area contributed by atoms with E-state index in [1.807, 2.05) is 26.0 Å². The fraction of sp³-hybridized carbons (Fsp3) is 0.125. The molecule has 0 radical (unpaired) electrons. The van der Waals surface area contributed by atoms with Crippen LogP contribution in [0.4, 0.5) is 5.69 Å². The molecule has 0 atom stereocenters. The predicted octanol–water partition coefficient (Wildman–Crippen LogP) is 0.0767. The lowest BCUT2D eigenvalue weighted by atomic mass is 9.95. The van der Waals surface area contributed by atoms with Crippen LogP contribution in [0.1, 0.15) is 0 Å². The molecule has 1 aromatic carbocycles. The normalized spacial score (nSPS) is 14.5. The molecule has 12 heavy (non-hydrogen) atoms. The van der Waals surface area contributed by atoms with Gasteiger partial charge in [-0.3, -0.25) is 0 Å². The third-order valence-electron chi connectivity index (χ3n) is 1.77. The van der Waals surface area contributed by atoms with E-state index in [2.05, 4.69) is 5.32 Å². The first-order valence-corrected chi connectivity index (χ1v) is 4.20. The van der Waals surface area contributed by atoms with Gasteiger partial charge in [0.25, 0.3) is 0 Å². The SMILES string of the molecule is Bc1ccc2c(c1)NC(=S)CO2. The van der Waals surface area contributed by atoms with Crippen LogP contribution in [0.3, 0.4) is 0 Å². The van der Waals surface area contributed by atoms with Crippen LogP contribution in [0.25, 0.3) is 0 Å². The van der Waals surface area contributed by atoms with Gasteiger partial charge in [-0.05, 0) is 12.1 Å². The third kappa shape index (κ3) is 1.30. The van der Waals surface area contributed by atoms with Gasteiger partial charge in [0, 0.05) is 0 Å². The minimum absolute atomic E-state index is 0.491.